The molecule has 0 aliphatic heterocycles. The van der Waals surface area contributed by atoms with Crippen molar-refractivity contribution in [3.05, 3.63) is 12.0 Å². The second kappa shape index (κ2) is 25.0. The summed E-state index contributed by atoms with van der Waals surface area (Å²) in [5, 5.41) is 2.00. The Morgan fingerprint density at radius 3 is 1.60 bits per heavy atom. The Labute approximate surface area is 55.4 Å². The molecule has 0 aromatic heterocycles. The zero-order chi connectivity index (χ0) is 2.71. The van der Waals surface area contributed by atoms with Crippen LogP contribution < -0.4 is 0 Å². The van der Waals surface area contributed by atoms with Crippen LogP contribution in [-0.4, -0.2) is 0 Å². The first-order chi connectivity index (χ1) is 1.41. The smallest absolute Gasteiger partial charge is 0 e. The van der Waals surface area contributed by atoms with Crippen LogP contribution in [0.2, 0.25) is 0 Å². The van der Waals surface area contributed by atoms with Gasteiger partial charge in [0, 0.05) is 32.7 Å². The van der Waals surface area contributed by atoms with Crippen LogP contribution in [0.3, 0.4) is 0 Å². The van der Waals surface area contributed by atoms with Crippen molar-refractivity contribution >= 4 is 0 Å². The van der Waals surface area contributed by atoms with Crippen LogP contribution >= 0.6 is 0 Å². The summed E-state index contributed by atoms with van der Waals surface area (Å²) in [6.45, 7) is 0. The first-order valence-corrected chi connectivity index (χ1v) is 0.447. The van der Waals surface area contributed by atoms with Crippen molar-refractivity contribution in [2.45, 2.75) is 0 Å². The molecule has 0 aromatic carbocycles. The van der Waals surface area contributed by atoms with Gasteiger partial charge in [-0.2, -0.15) is 0 Å². The monoisotopic (exact) mass is 149 g/mol. The number of hydrogen-bond donors (Lipinski definition) is 1. The van der Waals surface area contributed by atoms with E-state index in [4.69, 9.17) is 11.4 Å². The van der Waals surface area contributed by atoms with Gasteiger partial charge in [-0.25, -0.2) is 0 Å². The maximum Gasteiger partial charge on any atom is 0 e. The summed E-state index contributed by atoms with van der Waals surface area (Å²) < 4.78 is 0. The quantitative estimate of drug-likeness (QED) is 0.400. The Morgan fingerprint density at radius 1 is 1.60 bits per heavy atom. The molecule has 0 rings (SSSR count). The Morgan fingerprint density at radius 2 is 1.60 bits per heavy atom. The molecule has 5 heavy (non-hydrogen) atoms. The molecule has 0 atom stereocenters. The van der Waals surface area contributed by atoms with Gasteiger partial charge in [0.25, 0.3) is 0 Å². The molecule has 1 radical (unpaired) electrons. The van der Waals surface area contributed by atoms with Crippen LogP contribution in [0, 0.1) is 5.53 Å². The first kappa shape index (κ1) is 17.9. The van der Waals surface area contributed by atoms with Gasteiger partial charge in [-0.15, -0.1) is 0 Å². The van der Waals surface area contributed by atoms with Crippen molar-refractivity contribution in [1.82, 2.24) is 0 Å². The van der Waals surface area contributed by atoms with Crippen LogP contribution in [0.1, 0.15) is 0 Å². The Balaban J connectivity index is -0.0000000200. The molecule has 0 spiro atoms. The van der Waals surface area contributed by atoms with Gasteiger partial charge >= 0.3 is 0 Å². The summed E-state index contributed by atoms with van der Waals surface area (Å²) in [6.07, 6.45) is 0. The topological polar surface area (TPSA) is 93.5 Å². The average Bonchev–Trinajstić information content (AvgIpc) is 0.918. The minimum Gasteiger partial charge on any atom is -0.693 e. The Hall–Kier alpha value is 0.464. The second-order valence-electron chi connectivity index (χ2n) is 0.112. The van der Waals surface area contributed by atoms with E-state index in [9.17, 15) is 0 Å². The van der Waals surface area contributed by atoms with E-state index in [2.05, 4.69) is 0 Å². The molecule has 29 valence electrons. The molecule has 0 aliphatic rings. The van der Waals surface area contributed by atoms with Gasteiger partial charge in [-0.05, 0) is 0 Å². The van der Waals surface area contributed by atoms with E-state index in [-0.39, 0.29) is 38.9 Å². The van der Waals surface area contributed by atoms with Crippen LogP contribution in [-0.2, 0) is 32.7 Å². The standard InChI is InChI=1S/H2N3.H2N.Y/c1-3-2;;/h(H2-,1,2);1H2;/q2*-1;. The molecule has 5 heteroatoms. The maximum atomic E-state index is 5.50. The minimum absolute atomic E-state index is 0. The number of rotatable bonds is 0. The van der Waals surface area contributed by atoms with Crippen molar-refractivity contribution in [3.8, 4) is 0 Å². The van der Waals surface area contributed by atoms with E-state index in [1.54, 1.807) is 0 Å². The van der Waals surface area contributed by atoms with Crippen LogP contribution in [0.4, 0.5) is 0 Å². The largest absolute Gasteiger partial charge is 0.693 e. The summed E-state index contributed by atoms with van der Waals surface area (Å²) in [5.74, 6) is 5.50. The fourth-order valence-electron chi connectivity index (χ4n) is 0. The fourth-order valence-corrected chi connectivity index (χ4v) is 0. The van der Waals surface area contributed by atoms with E-state index in [1.807, 2.05) is 5.22 Å². The minimum atomic E-state index is 0. The summed E-state index contributed by atoms with van der Waals surface area (Å²) in [4.78, 5) is 0. The first-order valence-electron chi connectivity index (χ1n) is 0.447. The second-order valence-corrected chi connectivity index (χ2v) is 0.112. The van der Waals surface area contributed by atoms with E-state index in [0.717, 1.165) is 0 Å². The summed E-state index contributed by atoms with van der Waals surface area (Å²) in [5.41, 5.74) is 5.50. The van der Waals surface area contributed by atoms with Gasteiger partial charge in [0.15, 0.2) is 0 Å². The fraction of sp³-hybridized carbons (Fsp3) is 0. The number of nitrogens with zero attached hydrogens (tertiary/aromatic N) is 1. The molecule has 0 amide bonds. The predicted octanol–water partition coefficient (Wildman–Crippen LogP) is 1.70. The van der Waals surface area contributed by atoms with Gasteiger partial charge in [0.2, 0.25) is 0 Å². The Kier molecular flexibility index (Phi) is 89.6. The zero-order valence-corrected chi connectivity index (χ0v) is 5.44. The molecule has 0 bridgehead atoms. The van der Waals surface area contributed by atoms with E-state index in [1.165, 1.54) is 0 Å². The summed E-state index contributed by atoms with van der Waals surface area (Å²) >= 11 is 0. The van der Waals surface area contributed by atoms with Gasteiger partial charge in [-0.3, -0.25) is 5.22 Å². The third-order valence-corrected chi connectivity index (χ3v) is 0. The van der Waals surface area contributed by atoms with Crippen molar-refractivity contribution in [2.24, 2.45) is 5.22 Å². The molecule has 0 heterocycles. The van der Waals surface area contributed by atoms with Crippen molar-refractivity contribution < 1.29 is 32.7 Å². The predicted molar refractivity (Wildman–Crippen MR) is 14.8 cm³/mol. The average molecular weight is 149 g/mol. The van der Waals surface area contributed by atoms with Crippen LogP contribution in [0.25, 0.3) is 12.0 Å². The van der Waals surface area contributed by atoms with Gasteiger partial charge in [0.05, 0.1) is 0 Å². The molecule has 0 aromatic rings. The van der Waals surface area contributed by atoms with E-state index in [0.29, 0.717) is 0 Å². The zero-order valence-electron chi connectivity index (χ0n) is 2.60. The third kappa shape index (κ3) is 126. The summed E-state index contributed by atoms with van der Waals surface area (Å²) in [6, 6.07) is 0. The van der Waals surface area contributed by atoms with Crippen LogP contribution in [0.15, 0.2) is 5.22 Å². The number of nitrogens with one attached hydrogen (secondary N) is 2. The van der Waals surface area contributed by atoms with E-state index < -0.39 is 0 Å². The van der Waals surface area contributed by atoms with Gasteiger partial charge < -0.3 is 17.5 Å². The van der Waals surface area contributed by atoms with E-state index >= 15 is 0 Å². The van der Waals surface area contributed by atoms with Crippen LogP contribution in [0.5, 0.6) is 0 Å². The molecule has 4 N–H and O–H groups in total. The molecule has 0 saturated carbocycles. The van der Waals surface area contributed by atoms with Crippen molar-refractivity contribution in [3.63, 3.8) is 0 Å². The van der Waals surface area contributed by atoms with Crippen molar-refractivity contribution in [2.75, 3.05) is 0 Å². The molecule has 0 unspecified atom stereocenters. The molecular formula is H4N4Y-2. The molecular weight excluding hydrogens is 145 g/mol. The number of hydrogen-bond acceptors (Lipinski definition) is 2. The summed E-state index contributed by atoms with van der Waals surface area (Å²) in [7, 11) is 0. The molecule has 0 aliphatic carbocycles. The Bertz CT molecular complexity index is 11.1. The molecule has 0 saturated heterocycles. The SMILES string of the molecule is N=N[NH-].[NH2-].[Y]. The molecule has 0 fully saturated rings. The van der Waals surface area contributed by atoms with Crippen molar-refractivity contribution in [1.29, 1.82) is 5.53 Å². The third-order valence-electron chi connectivity index (χ3n) is 0. The van der Waals surface area contributed by atoms with Gasteiger partial charge in [-0.1, -0.05) is 0 Å². The normalized spacial score (nSPS) is 2.40. The number of nitrogens with two attached hydrogens (primary N) is 1. The maximum absolute atomic E-state index is 5.50. The van der Waals surface area contributed by atoms with Gasteiger partial charge in [0.1, 0.15) is 0 Å². The molecule has 4 nitrogen and oxygen atoms in total.